The Morgan fingerprint density at radius 3 is 2.74 bits per heavy atom. The molecule has 1 amide bonds. The SMILES string of the molecule is Cn1c(SCC(=O)N/N=C/c2ccccc2O)nnc1-c1ccc(Cl)cc1. The second-order valence-corrected chi connectivity index (χ2v) is 6.89. The minimum absolute atomic E-state index is 0.0960. The fourth-order valence-electron chi connectivity index (χ4n) is 2.22. The summed E-state index contributed by atoms with van der Waals surface area (Å²) in [6, 6.07) is 14.0. The number of phenols is 1. The maximum atomic E-state index is 11.9. The molecule has 0 aliphatic heterocycles. The smallest absolute Gasteiger partial charge is 0.250 e. The molecule has 0 bridgehead atoms. The van der Waals surface area contributed by atoms with Crippen LogP contribution in [-0.4, -0.2) is 37.7 Å². The van der Waals surface area contributed by atoms with Crippen molar-refractivity contribution in [2.24, 2.45) is 12.1 Å². The van der Waals surface area contributed by atoms with Crippen LogP contribution >= 0.6 is 23.4 Å². The van der Waals surface area contributed by atoms with Crippen LogP contribution in [0.4, 0.5) is 0 Å². The van der Waals surface area contributed by atoms with E-state index < -0.39 is 0 Å². The summed E-state index contributed by atoms with van der Waals surface area (Å²) in [7, 11) is 1.83. The molecule has 0 saturated heterocycles. The fourth-order valence-corrected chi connectivity index (χ4v) is 3.05. The maximum absolute atomic E-state index is 11.9. The van der Waals surface area contributed by atoms with Crippen molar-refractivity contribution >= 4 is 35.5 Å². The van der Waals surface area contributed by atoms with E-state index in [0.717, 1.165) is 5.56 Å². The number of amides is 1. The van der Waals surface area contributed by atoms with Crippen molar-refractivity contribution in [3.05, 3.63) is 59.1 Å². The van der Waals surface area contributed by atoms with E-state index in [0.29, 0.717) is 21.6 Å². The minimum Gasteiger partial charge on any atom is -0.507 e. The number of hydrazone groups is 1. The van der Waals surface area contributed by atoms with Gasteiger partial charge in [0.25, 0.3) is 5.91 Å². The second-order valence-electron chi connectivity index (χ2n) is 5.51. The monoisotopic (exact) mass is 401 g/mol. The molecule has 0 fully saturated rings. The molecule has 7 nitrogen and oxygen atoms in total. The first-order valence-corrected chi connectivity index (χ1v) is 9.29. The van der Waals surface area contributed by atoms with E-state index in [1.165, 1.54) is 18.0 Å². The number of nitrogens with zero attached hydrogens (tertiary/aromatic N) is 4. The normalized spacial score (nSPS) is 11.0. The Bertz CT molecular complexity index is 972. The number of carbonyl (C=O) groups is 1. The van der Waals surface area contributed by atoms with Crippen molar-refractivity contribution in [1.82, 2.24) is 20.2 Å². The van der Waals surface area contributed by atoms with Gasteiger partial charge in [-0.1, -0.05) is 35.5 Å². The Kier molecular flexibility index (Phi) is 6.10. The van der Waals surface area contributed by atoms with Crippen LogP contribution in [0.15, 0.2) is 58.8 Å². The number of nitrogens with one attached hydrogen (secondary N) is 1. The van der Waals surface area contributed by atoms with Crippen molar-refractivity contribution in [1.29, 1.82) is 0 Å². The highest BCUT2D eigenvalue weighted by Crippen LogP contribution is 2.23. The summed E-state index contributed by atoms with van der Waals surface area (Å²) in [4.78, 5) is 11.9. The molecular formula is C18H16ClN5O2S. The van der Waals surface area contributed by atoms with Gasteiger partial charge in [0.1, 0.15) is 5.75 Å². The van der Waals surface area contributed by atoms with Crippen LogP contribution in [0.5, 0.6) is 5.75 Å². The molecule has 9 heteroatoms. The average molecular weight is 402 g/mol. The van der Waals surface area contributed by atoms with Gasteiger partial charge in [-0.2, -0.15) is 5.10 Å². The van der Waals surface area contributed by atoms with E-state index in [1.54, 1.807) is 36.4 Å². The number of halogens is 1. The van der Waals surface area contributed by atoms with Gasteiger partial charge >= 0.3 is 0 Å². The number of rotatable bonds is 6. The molecule has 3 rings (SSSR count). The number of benzene rings is 2. The molecule has 0 unspecified atom stereocenters. The fraction of sp³-hybridized carbons (Fsp3) is 0.111. The summed E-state index contributed by atoms with van der Waals surface area (Å²) >= 11 is 7.15. The summed E-state index contributed by atoms with van der Waals surface area (Å²) in [5, 5.41) is 23.0. The molecule has 27 heavy (non-hydrogen) atoms. The first-order valence-electron chi connectivity index (χ1n) is 7.92. The van der Waals surface area contributed by atoms with Crippen LogP contribution in [-0.2, 0) is 11.8 Å². The van der Waals surface area contributed by atoms with Gasteiger partial charge in [0, 0.05) is 23.2 Å². The molecule has 138 valence electrons. The standard InChI is InChI=1S/C18H16ClN5O2S/c1-24-17(12-6-8-14(19)9-7-12)22-23-18(24)27-11-16(26)21-20-10-13-4-2-3-5-15(13)25/h2-10,25H,11H2,1H3,(H,21,26)/b20-10+. The first kappa shape index (κ1) is 18.9. The van der Waals surface area contributed by atoms with Crippen LogP contribution in [0.2, 0.25) is 5.02 Å². The Morgan fingerprint density at radius 1 is 1.26 bits per heavy atom. The zero-order chi connectivity index (χ0) is 19.2. The number of para-hydroxylation sites is 1. The first-order chi connectivity index (χ1) is 13.0. The highest BCUT2D eigenvalue weighted by Gasteiger charge is 2.12. The van der Waals surface area contributed by atoms with E-state index >= 15 is 0 Å². The van der Waals surface area contributed by atoms with Crippen molar-refractivity contribution in [2.75, 3.05) is 5.75 Å². The molecule has 3 aromatic rings. The molecule has 0 atom stereocenters. The molecule has 0 aliphatic rings. The predicted molar refractivity (Wildman–Crippen MR) is 106 cm³/mol. The van der Waals surface area contributed by atoms with E-state index in [4.69, 9.17) is 11.6 Å². The predicted octanol–water partition coefficient (Wildman–Crippen LogP) is 3.08. The largest absolute Gasteiger partial charge is 0.507 e. The van der Waals surface area contributed by atoms with E-state index in [1.807, 2.05) is 23.7 Å². The van der Waals surface area contributed by atoms with E-state index in [9.17, 15) is 9.90 Å². The molecule has 2 N–H and O–H groups in total. The van der Waals surface area contributed by atoms with Gasteiger partial charge in [-0.15, -0.1) is 10.2 Å². The molecule has 1 aromatic heterocycles. The van der Waals surface area contributed by atoms with Gasteiger partial charge in [-0.05, 0) is 36.4 Å². The van der Waals surface area contributed by atoms with Crippen molar-refractivity contribution < 1.29 is 9.90 Å². The van der Waals surface area contributed by atoms with Gasteiger partial charge < -0.3 is 9.67 Å². The molecular weight excluding hydrogens is 386 g/mol. The number of hydrogen-bond acceptors (Lipinski definition) is 6. The van der Waals surface area contributed by atoms with Gasteiger partial charge in [0.05, 0.1) is 12.0 Å². The third-order valence-electron chi connectivity index (χ3n) is 3.60. The Morgan fingerprint density at radius 2 is 2.00 bits per heavy atom. The van der Waals surface area contributed by atoms with Gasteiger partial charge in [0.2, 0.25) is 0 Å². The molecule has 2 aromatic carbocycles. The van der Waals surface area contributed by atoms with Crippen LogP contribution in [0.25, 0.3) is 11.4 Å². The number of carbonyl (C=O) groups excluding carboxylic acids is 1. The Balaban J connectivity index is 1.56. The molecule has 0 radical (unpaired) electrons. The zero-order valence-corrected chi connectivity index (χ0v) is 15.9. The molecule has 1 heterocycles. The lowest BCUT2D eigenvalue weighted by Crippen LogP contribution is -2.19. The lowest BCUT2D eigenvalue weighted by Gasteiger charge is -2.04. The van der Waals surface area contributed by atoms with Crippen LogP contribution in [0, 0.1) is 0 Å². The average Bonchev–Trinajstić information content (AvgIpc) is 3.03. The quantitative estimate of drug-likeness (QED) is 0.376. The highest BCUT2D eigenvalue weighted by atomic mass is 35.5. The van der Waals surface area contributed by atoms with Gasteiger partial charge in [-0.3, -0.25) is 4.79 Å². The van der Waals surface area contributed by atoms with Gasteiger partial charge in [-0.25, -0.2) is 5.43 Å². The van der Waals surface area contributed by atoms with Gasteiger partial charge in [0.15, 0.2) is 11.0 Å². The lowest BCUT2D eigenvalue weighted by molar-refractivity contribution is -0.118. The number of hydrogen-bond donors (Lipinski definition) is 2. The number of phenolic OH excluding ortho intramolecular Hbond substituents is 1. The van der Waals surface area contributed by atoms with Crippen molar-refractivity contribution in [2.45, 2.75) is 5.16 Å². The molecule has 0 saturated carbocycles. The molecule has 0 spiro atoms. The second kappa shape index (κ2) is 8.70. The third-order valence-corrected chi connectivity index (χ3v) is 4.87. The maximum Gasteiger partial charge on any atom is 0.250 e. The summed E-state index contributed by atoms with van der Waals surface area (Å²) in [5.74, 6) is 0.624. The summed E-state index contributed by atoms with van der Waals surface area (Å²) in [6.07, 6.45) is 1.39. The lowest BCUT2D eigenvalue weighted by atomic mass is 10.2. The third kappa shape index (κ3) is 4.87. The van der Waals surface area contributed by atoms with E-state index in [-0.39, 0.29) is 17.4 Å². The van der Waals surface area contributed by atoms with Crippen LogP contribution < -0.4 is 5.43 Å². The molecule has 0 aliphatic carbocycles. The Labute approximate surface area is 165 Å². The topological polar surface area (TPSA) is 92.4 Å². The van der Waals surface area contributed by atoms with Crippen molar-refractivity contribution in [3.63, 3.8) is 0 Å². The summed E-state index contributed by atoms with van der Waals surface area (Å²) in [5.41, 5.74) is 3.83. The van der Waals surface area contributed by atoms with Crippen molar-refractivity contribution in [3.8, 4) is 17.1 Å². The minimum atomic E-state index is -0.289. The summed E-state index contributed by atoms with van der Waals surface area (Å²) in [6.45, 7) is 0. The number of aromatic hydroxyl groups is 1. The van der Waals surface area contributed by atoms with Crippen LogP contribution in [0.1, 0.15) is 5.56 Å². The van der Waals surface area contributed by atoms with E-state index in [2.05, 4.69) is 20.7 Å². The number of thioether (sulfide) groups is 1. The van der Waals surface area contributed by atoms with Crippen LogP contribution in [0.3, 0.4) is 0 Å². The Hall–Kier alpha value is -2.84. The number of aromatic nitrogens is 3. The zero-order valence-electron chi connectivity index (χ0n) is 14.3. The summed E-state index contributed by atoms with van der Waals surface area (Å²) < 4.78 is 1.81. The highest BCUT2D eigenvalue weighted by molar-refractivity contribution is 7.99.